The third kappa shape index (κ3) is 5.92. The average molecular weight is 568 g/mol. The molecular weight excluding hydrogens is 535 g/mol. The second-order valence-electron chi connectivity index (χ2n) is 10.6. The molecule has 212 valence electrons. The molecule has 2 N–H and O–H groups in total. The maximum Gasteiger partial charge on any atom is 0.417 e. The van der Waals surface area contributed by atoms with E-state index in [1.807, 2.05) is 13.8 Å². The molecule has 1 fully saturated rings. The number of alkyl halides is 3. The van der Waals surface area contributed by atoms with Gasteiger partial charge in [0.1, 0.15) is 0 Å². The lowest BCUT2D eigenvalue weighted by atomic mass is 9.85. The van der Waals surface area contributed by atoms with Crippen LogP contribution < -0.4 is 16.2 Å². The number of hydrogen-bond acceptors (Lipinski definition) is 5. The summed E-state index contributed by atoms with van der Waals surface area (Å²) in [6.45, 7) is 5.61. The van der Waals surface area contributed by atoms with E-state index in [4.69, 9.17) is 16.6 Å². The fourth-order valence-corrected chi connectivity index (χ4v) is 5.71. The predicted octanol–water partition coefficient (Wildman–Crippen LogP) is 4.80. The van der Waals surface area contributed by atoms with Gasteiger partial charge in [-0.1, -0.05) is 11.6 Å². The van der Waals surface area contributed by atoms with Crippen LogP contribution in [0.4, 0.5) is 19.1 Å². The van der Waals surface area contributed by atoms with Gasteiger partial charge in [-0.05, 0) is 71.1 Å². The number of amides is 2. The minimum absolute atomic E-state index is 0.00603. The van der Waals surface area contributed by atoms with Gasteiger partial charge in [0.15, 0.2) is 0 Å². The van der Waals surface area contributed by atoms with Crippen molar-refractivity contribution in [3.63, 3.8) is 0 Å². The highest BCUT2D eigenvalue weighted by molar-refractivity contribution is 6.31. The molecule has 0 unspecified atom stereocenters. The monoisotopic (exact) mass is 567 g/mol. The Morgan fingerprint density at radius 1 is 1.15 bits per heavy atom. The summed E-state index contributed by atoms with van der Waals surface area (Å²) in [7, 11) is 1.62. The summed E-state index contributed by atoms with van der Waals surface area (Å²) in [5.74, 6) is -0.275. The molecule has 1 saturated carbocycles. The second-order valence-corrected chi connectivity index (χ2v) is 11.0. The van der Waals surface area contributed by atoms with Crippen LogP contribution in [0.1, 0.15) is 79.7 Å². The molecule has 1 aromatic carbocycles. The van der Waals surface area contributed by atoms with Gasteiger partial charge in [0.25, 0.3) is 11.5 Å². The largest absolute Gasteiger partial charge is 0.417 e. The lowest BCUT2D eigenvalue weighted by Gasteiger charge is -2.36. The summed E-state index contributed by atoms with van der Waals surface area (Å²) in [5.41, 5.74) is -0.466. The van der Waals surface area contributed by atoms with Crippen LogP contribution in [0.5, 0.6) is 0 Å². The van der Waals surface area contributed by atoms with Crippen molar-refractivity contribution in [2.75, 3.05) is 12.4 Å². The number of fused-ring (bicyclic) bond motifs is 1. The van der Waals surface area contributed by atoms with Crippen molar-refractivity contribution in [3.8, 4) is 0 Å². The summed E-state index contributed by atoms with van der Waals surface area (Å²) in [6.07, 6.45) is -1.84. The van der Waals surface area contributed by atoms with Crippen LogP contribution in [0.2, 0.25) is 5.02 Å². The number of aromatic nitrogens is 2. The molecule has 2 aromatic rings. The van der Waals surface area contributed by atoms with Gasteiger partial charge in [0.2, 0.25) is 11.9 Å². The molecule has 8 nitrogen and oxygen atoms in total. The van der Waals surface area contributed by atoms with Crippen LogP contribution in [-0.4, -0.2) is 45.4 Å². The Kier molecular flexibility index (Phi) is 8.30. The number of nitrogens with one attached hydrogen (secondary N) is 2. The number of halogens is 4. The first-order chi connectivity index (χ1) is 18.3. The minimum Gasteiger partial charge on any atom is -0.359 e. The van der Waals surface area contributed by atoms with Gasteiger partial charge in [-0.15, -0.1) is 0 Å². The topological polar surface area (TPSA) is 96.3 Å². The molecule has 1 aliphatic heterocycles. The van der Waals surface area contributed by atoms with Gasteiger partial charge in [-0.3, -0.25) is 19.0 Å². The molecule has 1 atom stereocenters. The number of rotatable bonds is 5. The Morgan fingerprint density at radius 3 is 2.41 bits per heavy atom. The summed E-state index contributed by atoms with van der Waals surface area (Å²) >= 11 is 5.73. The lowest BCUT2D eigenvalue weighted by molar-refractivity contribution is -0.137. The molecule has 2 amide bonds. The van der Waals surface area contributed by atoms with Crippen molar-refractivity contribution in [3.05, 3.63) is 56.0 Å². The lowest BCUT2D eigenvalue weighted by Crippen LogP contribution is -2.47. The highest BCUT2D eigenvalue weighted by Gasteiger charge is 2.37. The van der Waals surface area contributed by atoms with Crippen LogP contribution in [0, 0.1) is 5.92 Å². The molecule has 12 heteroatoms. The third-order valence-corrected chi connectivity index (χ3v) is 7.85. The highest BCUT2D eigenvalue weighted by atomic mass is 35.5. The number of benzene rings is 1. The van der Waals surface area contributed by atoms with Crippen molar-refractivity contribution in [1.82, 2.24) is 19.8 Å². The Hall–Kier alpha value is -3.08. The quantitative estimate of drug-likeness (QED) is 0.541. The van der Waals surface area contributed by atoms with Gasteiger partial charge in [0.05, 0.1) is 22.8 Å². The average Bonchev–Trinajstić information content (AvgIpc) is 2.87. The number of carbonyl (C=O) groups is 2. The molecule has 39 heavy (non-hydrogen) atoms. The first-order valence-corrected chi connectivity index (χ1v) is 13.5. The molecular formula is C27H33ClF3N5O3. The van der Waals surface area contributed by atoms with Crippen LogP contribution in [0.3, 0.4) is 0 Å². The molecule has 0 spiro atoms. The normalized spacial score (nSPS) is 21.5. The highest BCUT2D eigenvalue weighted by Crippen LogP contribution is 2.36. The zero-order valence-electron chi connectivity index (χ0n) is 22.4. The van der Waals surface area contributed by atoms with E-state index in [9.17, 15) is 27.6 Å². The second kappa shape index (κ2) is 11.2. The van der Waals surface area contributed by atoms with Crippen LogP contribution >= 0.6 is 11.6 Å². The van der Waals surface area contributed by atoms with Crippen molar-refractivity contribution >= 4 is 29.4 Å². The maximum absolute atomic E-state index is 13.8. The number of hydrogen-bond donors (Lipinski definition) is 2. The summed E-state index contributed by atoms with van der Waals surface area (Å²) < 4.78 is 41.9. The standard InChI is InChI=1S/C27H33ClF3N5O3/c1-14(2)33-26-34-22-13-35(24(38)17-7-10-21(28)20(12-17)27(29,30)31)15(3)11-19(22)25(39)36(26)18-8-5-16(6-9-18)23(37)32-4/h7,10,12,14-16,18H,5-6,8-9,11,13H2,1-4H3,(H,32,37)(H,33,34)/t15-,16-,18+/m1/s1. The fourth-order valence-electron chi connectivity index (χ4n) is 5.49. The summed E-state index contributed by atoms with van der Waals surface area (Å²) in [6, 6.07) is 2.51. The molecule has 0 radical (unpaired) electrons. The number of nitrogens with zero attached hydrogens (tertiary/aromatic N) is 3. The SMILES string of the molecule is CNC(=O)[C@H]1CC[C@@H](n2c(NC(C)C)nc3c(c2=O)C[C@@H](C)N(C(=O)c2ccc(Cl)c(C(F)(F)F)c2)C3)CC1. The molecule has 0 saturated heterocycles. The van der Waals surface area contributed by atoms with Gasteiger partial charge >= 0.3 is 6.18 Å². The van der Waals surface area contributed by atoms with Gasteiger partial charge < -0.3 is 15.5 Å². The van der Waals surface area contributed by atoms with E-state index in [1.54, 1.807) is 18.5 Å². The van der Waals surface area contributed by atoms with Crippen molar-refractivity contribution in [2.45, 2.75) is 83.7 Å². The van der Waals surface area contributed by atoms with Crippen molar-refractivity contribution in [2.24, 2.45) is 5.92 Å². The van der Waals surface area contributed by atoms with Gasteiger partial charge in [-0.2, -0.15) is 13.2 Å². The molecule has 2 aliphatic rings. The summed E-state index contributed by atoms with van der Waals surface area (Å²) in [4.78, 5) is 45.5. The zero-order chi connectivity index (χ0) is 28.6. The first kappa shape index (κ1) is 28.9. The number of carbonyl (C=O) groups excluding carboxylic acids is 2. The van der Waals surface area contributed by atoms with E-state index >= 15 is 0 Å². The zero-order valence-corrected chi connectivity index (χ0v) is 23.1. The van der Waals surface area contributed by atoms with Gasteiger partial charge in [-0.25, -0.2) is 4.98 Å². The first-order valence-electron chi connectivity index (χ1n) is 13.1. The van der Waals surface area contributed by atoms with Crippen LogP contribution in [0.25, 0.3) is 0 Å². The number of anilines is 1. The van der Waals surface area contributed by atoms with E-state index < -0.39 is 28.7 Å². The molecule has 0 bridgehead atoms. The molecule has 4 rings (SSSR count). The minimum atomic E-state index is -4.70. The molecule has 1 aliphatic carbocycles. The summed E-state index contributed by atoms with van der Waals surface area (Å²) in [5, 5.41) is 5.47. The van der Waals surface area contributed by atoms with Crippen LogP contribution in [-0.2, 0) is 23.9 Å². The van der Waals surface area contributed by atoms with Crippen LogP contribution in [0.15, 0.2) is 23.0 Å². The Labute approximate surface area is 229 Å². The van der Waals surface area contributed by atoms with E-state index in [-0.39, 0.29) is 48.0 Å². The predicted molar refractivity (Wildman–Crippen MR) is 142 cm³/mol. The third-order valence-electron chi connectivity index (χ3n) is 7.52. The smallest absolute Gasteiger partial charge is 0.359 e. The van der Waals surface area contributed by atoms with E-state index in [0.29, 0.717) is 42.9 Å². The maximum atomic E-state index is 13.8. The molecule has 1 aromatic heterocycles. The Balaban J connectivity index is 1.67. The van der Waals surface area contributed by atoms with Crippen molar-refractivity contribution < 1.29 is 22.8 Å². The van der Waals surface area contributed by atoms with Crippen molar-refractivity contribution in [1.29, 1.82) is 0 Å². The van der Waals surface area contributed by atoms with E-state index in [2.05, 4.69) is 10.6 Å². The van der Waals surface area contributed by atoms with E-state index in [0.717, 1.165) is 12.1 Å². The van der Waals surface area contributed by atoms with E-state index in [1.165, 1.54) is 11.0 Å². The Morgan fingerprint density at radius 2 is 1.82 bits per heavy atom. The Bertz CT molecular complexity index is 1320. The van der Waals surface area contributed by atoms with Gasteiger partial charge in [0, 0.05) is 42.2 Å². The fraction of sp³-hybridized carbons (Fsp3) is 0.556. The molecule has 2 heterocycles.